The van der Waals surface area contributed by atoms with Gasteiger partial charge in [-0.3, -0.25) is 4.79 Å². The van der Waals surface area contributed by atoms with Crippen molar-refractivity contribution in [1.29, 1.82) is 0 Å². The number of nitrogens with one attached hydrogen (secondary N) is 1. The van der Waals surface area contributed by atoms with E-state index in [-0.39, 0.29) is 11.9 Å². The standard InChI is InChI=1S/C14H17ClN2OS2/c1-17(2)13(18)7-8-16-14(10-4-3-9-19-10)11-5-6-12(15)20-11/h3-6,9,14,16H,7-8H2,1-2H3. The Labute approximate surface area is 132 Å². The SMILES string of the molecule is CN(C)C(=O)CCNC(c1cccs1)c1ccc(Cl)s1. The lowest BCUT2D eigenvalue weighted by Gasteiger charge is -2.17. The molecule has 2 aromatic rings. The number of rotatable bonds is 6. The average molecular weight is 329 g/mol. The van der Waals surface area contributed by atoms with Crippen LogP contribution in [-0.4, -0.2) is 31.4 Å². The summed E-state index contributed by atoms with van der Waals surface area (Å²) in [7, 11) is 3.55. The molecular weight excluding hydrogens is 312 g/mol. The van der Waals surface area contributed by atoms with Crippen LogP contribution in [0.3, 0.4) is 0 Å². The van der Waals surface area contributed by atoms with E-state index in [0.29, 0.717) is 13.0 Å². The van der Waals surface area contributed by atoms with E-state index in [2.05, 4.69) is 16.8 Å². The molecular formula is C14H17ClN2OS2. The predicted molar refractivity (Wildman–Crippen MR) is 86.8 cm³/mol. The summed E-state index contributed by atoms with van der Waals surface area (Å²) in [5, 5.41) is 5.51. The van der Waals surface area contributed by atoms with Crippen LogP contribution in [0.2, 0.25) is 4.34 Å². The highest BCUT2D eigenvalue weighted by atomic mass is 35.5. The molecule has 0 saturated heterocycles. The number of amides is 1. The molecule has 0 aliphatic carbocycles. The summed E-state index contributed by atoms with van der Waals surface area (Å²) in [6.45, 7) is 0.648. The van der Waals surface area contributed by atoms with Gasteiger partial charge in [-0.05, 0) is 23.6 Å². The van der Waals surface area contributed by atoms with Crippen molar-refractivity contribution >= 4 is 40.2 Å². The third-order valence-corrected chi connectivity index (χ3v) is 5.13. The zero-order valence-corrected chi connectivity index (χ0v) is 13.8. The lowest BCUT2D eigenvalue weighted by atomic mass is 10.2. The third kappa shape index (κ3) is 4.06. The zero-order chi connectivity index (χ0) is 14.5. The molecule has 0 fully saturated rings. The van der Waals surface area contributed by atoms with Gasteiger partial charge < -0.3 is 10.2 Å². The molecule has 2 rings (SSSR count). The van der Waals surface area contributed by atoms with Gasteiger partial charge in [0.2, 0.25) is 5.91 Å². The lowest BCUT2D eigenvalue weighted by Crippen LogP contribution is -2.28. The van der Waals surface area contributed by atoms with Gasteiger partial charge in [-0.2, -0.15) is 0 Å². The van der Waals surface area contributed by atoms with Crippen LogP contribution in [0.25, 0.3) is 0 Å². The van der Waals surface area contributed by atoms with Crippen molar-refractivity contribution in [2.24, 2.45) is 0 Å². The number of hydrogen-bond donors (Lipinski definition) is 1. The molecule has 2 heterocycles. The van der Waals surface area contributed by atoms with Crippen LogP contribution in [0, 0.1) is 0 Å². The summed E-state index contributed by atoms with van der Waals surface area (Å²) < 4.78 is 0.785. The minimum atomic E-state index is 0.113. The summed E-state index contributed by atoms with van der Waals surface area (Å²) in [6.07, 6.45) is 0.494. The summed E-state index contributed by atoms with van der Waals surface area (Å²) in [4.78, 5) is 15.6. The molecule has 1 amide bonds. The molecule has 108 valence electrons. The molecule has 1 unspecified atom stereocenters. The van der Waals surface area contributed by atoms with Crippen molar-refractivity contribution in [2.75, 3.05) is 20.6 Å². The molecule has 3 nitrogen and oxygen atoms in total. The Morgan fingerprint density at radius 2 is 2.15 bits per heavy atom. The Bertz CT molecular complexity index is 551. The first-order chi connectivity index (χ1) is 9.58. The predicted octanol–water partition coefficient (Wildman–Crippen LogP) is 3.62. The lowest BCUT2D eigenvalue weighted by molar-refractivity contribution is -0.128. The summed E-state index contributed by atoms with van der Waals surface area (Å²) in [5.41, 5.74) is 0. The monoisotopic (exact) mass is 328 g/mol. The number of carbonyl (C=O) groups is 1. The van der Waals surface area contributed by atoms with E-state index in [0.717, 1.165) is 4.34 Å². The van der Waals surface area contributed by atoms with E-state index in [1.807, 2.05) is 18.2 Å². The molecule has 6 heteroatoms. The van der Waals surface area contributed by atoms with Gasteiger partial charge in [0, 0.05) is 36.8 Å². The van der Waals surface area contributed by atoms with Crippen LogP contribution in [0.15, 0.2) is 29.6 Å². The fourth-order valence-electron chi connectivity index (χ4n) is 1.83. The molecule has 1 N–H and O–H groups in total. The highest BCUT2D eigenvalue weighted by molar-refractivity contribution is 7.16. The van der Waals surface area contributed by atoms with Gasteiger partial charge in [0.25, 0.3) is 0 Å². The number of hydrogen-bond acceptors (Lipinski definition) is 4. The molecule has 1 atom stereocenters. The van der Waals surface area contributed by atoms with E-state index < -0.39 is 0 Å². The molecule has 0 aliphatic rings. The van der Waals surface area contributed by atoms with Crippen molar-refractivity contribution in [2.45, 2.75) is 12.5 Å². The Kier molecular flexibility index (Phi) is 5.60. The van der Waals surface area contributed by atoms with Gasteiger partial charge >= 0.3 is 0 Å². The zero-order valence-electron chi connectivity index (χ0n) is 11.4. The highest BCUT2D eigenvalue weighted by Crippen LogP contribution is 2.32. The summed E-state index contributed by atoms with van der Waals surface area (Å²) in [6, 6.07) is 8.20. The Morgan fingerprint density at radius 3 is 2.70 bits per heavy atom. The first-order valence-electron chi connectivity index (χ1n) is 6.30. The molecule has 0 radical (unpaired) electrons. The van der Waals surface area contributed by atoms with Crippen molar-refractivity contribution < 1.29 is 4.79 Å². The molecule has 0 bridgehead atoms. The van der Waals surface area contributed by atoms with E-state index in [1.54, 1.807) is 41.7 Å². The summed E-state index contributed by atoms with van der Waals surface area (Å²) in [5.74, 6) is 0.131. The number of halogens is 1. The van der Waals surface area contributed by atoms with Gasteiger partial charge in [-0.15, -0.1) is 22.7 Å². The van der Waals surface area contributed by atoms with Crippen molar-refractivity contribution in [3.63, 3.8) is 0 Å². The van der Waals surface area contributed by atoms with Crippen LogP contribution in [-0.2, 0) is 4.79 Å². The van der Waals surface area contributed by atoms with Gasteiger partial charge in [-0.1, -0.05) is 17.7 Å². The fourth-order valence-corrected chi connectivity index (χ4v) is 3.88. The van der Waals surface area contributed by atoms with Crippen molar-refractivity contribution in [3.8, 4) is 0 Å². The third-order valence-electron chi connectivity index (χ3n) is 2.89. The van der Waals surface area contributed by atoms with Crippen molar-refractivity contribution in [1.82, 2.24) is 10.2 Å². The van der Waals surface area contributed by atoms with Gasteiger partial charge in [-0.25, -0.2) is 0 Å². The Hall–Kier alpha value is -0.880. The smallest absolute Gasteiger partial charge is 0.223 e. The number of thiophene rings is 2. The minimum Gasteiger partial charge on any atom is -0.349 e. The maximum Gasteiger partial charge on any atom is 0.223 e. The normalized spacial score (nSPS) is 12.3. The molecule has 0 saturated carbocycles. The van der Waals surface area contributed by atoms with Crippen LogP contribution in [0.5, 0.6) is 0 Å². The summed E-state index contributed by atoms with van der Waals surface area (Å²) >= 11 is 9.30. The van der Waals surface area contributed by atoms with E-state index in [9.17, 15) is 4.79 Å². The maximum absolute atomic E-state index is 11.6. The first kappa shape index (κ1) is 15.5. The molecule has 2 aromatic heterocycles. The second-order valence-corrected chi connectivity index (χ2v) is 7.31. The van der Waals surface area contributed by atoms with Crippen molar-refractivity contribution in [3.05, 3.63) is 43.7 Å². The maximum atomic E-state index is 11.6. The van der Waals surface area contributed by atoms with E-state index in [4.69, 9.17) is 11.6 Å². The van der Waals surface area contributed by atoms with Crippen LogP contribution in [0.1, 0.15) is 22.2 Å². The van der Waals surface area contributed by atoms with Gasteiger partial charge in [0.05, 0.1) is 10.4 Å². The molecule has 20 heavy (non-hydrogen) atoms. The number of nitrogens with zero attached hydrogens (tertiary/aromatic N) is 1. The highest BCUT2D eigenvalue weighted by Gasteiger charge is 2.17. The average Bonchev–Trinajstić information content (AvgIpc) is 3.05. The van der Waals surface area contributed by atoms with E-state index >= 15 is 0 Å². The molecule has 0 aromatic carbocycles. The Balaban J connectivity index is 2.03. The van der Waals surface area contributed by atoms with Crippen LogP contribution < -0.4 is 5.32 Å². The van der Waals surface area contributed by atoms with E-state index in [1.165, 1.54) is 9.75 Å². The van der Waals surface area contributed by atoms with Gasteiger partial charge in [0.1, 0.15) is 0 Å². The molecule has 0 spiro atoms. The fraction of sp³-hybridized carbons (Fsp3) is 0.357. The van der Waals surface area contributed by atoms with Crippen LogP contribution in [0.4, 0.5) is 0 Å². The largest absolute Gasteiger partial charge is 0.349 e. The van der Waals surface area contributed by atoms with Gasteiger partial charge in [0.15, 0.2) is 0 Å². The second kappa shape index (κ2) is 7.22. The first-order valence-corrected chi connectivity index (χ1v) is 8.37. The van der Waals surface area contributed by atoms with Crippen LogP contribution >= 0.6 is 34.3 Å². The molecule has 0 aliphatic heterocycles. The quantitative estimate of drug-likeness (QED) is 0.878. The Morgan fingerprint density at radius 1 is 1.35 bits per heavy atom. The topological polar surface area (TPSA) is 32.3 Å². The second-order valence-electron chi connectivity index (χ2n) is 4.58. The minimum absolute atomic E-state index is 0.113. The number of carbonyl (C=O) groups excluding carboxylic acids is 1.